The molecule has 0 N–H and O–H groups in total. The summed E-state index contributed by atoms with van der Waals surface area (Å²) in [5.74, 6) is -0.341. The molecule has 23 heavy (non-hydrogen) atoms. The second kappa shape index (κ2) is 6.30. The van der Waals surface area contributed by atoms with Crippen LogP contribution in [0.5, 0.6) is 0 Å². The summed E-state index contributed by atoms with van der Waals surface area (Å²) in [4.78, 5) is 18.2. The Labute approximate surface area is 143 Å². The Kier molecular flexibility index (Phi) is 4.37. The van der Waals surface area contributed by atoms with E-state index in [0.29, 0.717) is 10.6 Å². The molecule has 118 valence electrons. The number of pyridine rings is 1. The van der Waals surface area contributed by atoms with E-state index in [1.165, 1.54) is 0 Å². The van der Waals surface area contributed by atoms with Crippen molar-refractivity contribution in [2.75, 3.05) is 0 Å². The van der Waals surface area contributed by atoms with Crippen LogP contribution in [0.2, 0.25) is 5.02 Å². The molecule has 3 nitrogen and oxygen atoms in total. The zero-order chi connectivity index (χ0) is 16.6. The third-order valence-electron chi connectivity index (χ3n) is 3.50. The average Bonchev–Trinajstić information content (AvgIpc) is 3.04. The summed E-state index contributed by atoms with van der Waals surface area (Å²) >= 11 is 7.81. The maximum Gasteiger partial charge on any atom is 0.339 e. The molecule has 0 radical (unpaired) electrons. The maximum atomic E-state index is 12.5. The van der Waals surface area contributed by atoms with Gasteiger partial charge in [-0.3, -0.25) is 0 Å². The van der Waals surface area contributed by atoms with Gasteiger partial charge in [-0.25, -0.2) is 9.78 Å². The fourth-order valence-electron chi connectivity index (χ4n) is 2.40. The van der Waals surface area contributed by atoms with Crippen LogP contribution in [0.15, 0.2) is 35.7 Å². The SMILES string of the molecule is Cc1c(Cl)ccc2c(C(=O)OC(C)C)cc(-c3cccs3)nc12. The predicted octanol–water partition coefficient (Wildman–Crippen LogP) is 5.49. The number of ether oxygens (including phenoxy) is 1. The Hall–Kier alpha value is -1.91. The van der Waals surface area contributed by atoms with E-state index in [0.717, 1.165) is 27.0 Å². The van der Waals surface area contributed by atoms with Gasteiger partial charge in [-0.2, -0.15) is 0 Å². The minimum Gasteiger partial charge on any atom is -0.459 e. The van der Waals surface area contributed by atoms with E-state index in [9.17, 15) is 4.79 Å². The molecule has 3 rings (SSSR count). The number of benzene rings is 1. The van der Waals surface area contributed by atoms with Crippen LogP contribution >= 0.6 is 22.9 Å². The summed E-state index contributed by atoms with van der Waals surface area (Å²) in [6.07, 6.45) is -0.177. The van der Waals surface area contributed by atoms with Crippen LogP contribution in [0.1, 0.15) is 29.8 Å². The number of carbonyl (C=O) groups is 1. The molecule has 0 spiro atoms. The first-order valence-electron chi connectivity index (χ1n) is 7.32. The van der Waals surface area contributed by atoms with Crippen LogP contribution in [0.25, 0.3) is 21.5 Å². The fourth-order valence-corrected chi connectivity index (χ4v) is 3.24. The third kappa shape index (κ3) is 3.09. The molecule has 2 aromatic heterocycles. The summed E-state index contributed by atoms with van der Waals surface area (Å²) in [6, 6.07) is 9.36. The van der Waals surface area contributed by atoms with Crippen molar-refractivity contribution in [3.05, 3.63) is 51.9 Å². The molecule has 0 atom stereocenters. The van der Waals surface area contributed by atoms with E-state index < -0.39 is 0 Å². The fraction of sp³-hybridized carbons (Fsp3) is 0.222. The summed E-state index contributed by atoms with van der Waals surface area (Å²) in [6.45, 7) is 5.58. The van der Waals surface area contributed by atoms with Gasteiger partial charge in [0.05, 0.1) is 27.8 Å². The first-order chi connectivity index (χ1) is 11.0. The highest BCUT2D eigenvalue weighted by Gasteiger charge is 2.18. The number of rotatable bonds is 3. The Bertz CT molecular complexity index is 872. The van der Waals surface area contributed by atoms with Gasteiger partial charge in [-0.05, 0) is 49.9 Å². The Balaban J connectivity index is 2.28. The van der Waals surface area contributed by atoms with Gasteiger partial charge in [0.25, 0.3) is 0 Å². The highest BCUT2D eigenvalue weighted by Crippen LogP contribution is 2.32. The molecule has 0 unspecified atom stereocenters. The van der Waals surface area contributed by atoms with Gasteiger partial charge >= 0.3 is 5.97 Å². The van der Waals surface area contributed by atoms with Crippen molar-refractivity contribution in [3.8, 4) is 10.6 Å². The molecule has 0 saturated carbocycles. The number of esters is 1. The second-order valence-electron chi connectivity index (χ2n) is 5.55. The average molecular weight is 346 g/mol. The van der Waals surface area contributed by atoms with Gasteiger partial charge in [0.2, 0.25) is 0 Å². The molecule has 0 fully saturated rings. The van der Waals surface area contributed by atoms with Crippen LogP contribution in [0.4, 0.5) is 0 Å². The Morgan fingerprint density at radius 2 is 2.09 bits per heavy atom. The van der Waals surface area contributed by atoms with Crippen molar-refractivity contribution in [2.24, 2.45) is 0 Å². The lowest BCUT2D eigenvalue weighted by Gasteiger charge is -2.13. The van der Waals surface area contributed by atoms with E-state index in [4.69, 9.17) is 21.3 Å². The predicted molar refractivity (Wildman–Crippen MR) is 95.4 cm³/mol. The molecule has 0 aliphatic heterocycles. The first kappa shape index (κ1) is 16.0. The van der Waals surface area contributed by atoms with Crippen LogP contribution in [0.3, 0.4) is 0 Å². The molecule has 2 heterocycles. The van der Waals surface area contributed by atoms with Crippen molar-refractivity contribution in [1.29, 1.82) is 0 Å². The summed E-state index contributed by atoms with van der Waals surface area (Å²) in [7, 11) is 0. The van der Waals surface area contributed by atoms with Crippen molar-refractivity contribution in [2.45, 2.75) is 26.9 Å². The molecule has 0 amide bonds. The highest BCUT2D eigenvalue weighted by molar-refractivity contribution is 7.13. The van der Waals surface area contributed by atoms with Crippen LogP contribution in [0, 0.1) is 6.92 Å². The van der Waals surface area contributed by atoms with Gasteiger partial charge in [-0.15, -0.1) is 11.3 Å². The minimum atomic E-state index is -0.341. The van der Waals surface area contributed by atoms with Gasteiger partial charge in [0.1, 0.15) is 0 Å². The molecule has 0 aliphatic carbocycles. The lowest BCUT2D eigenvalue weighted by atomic mass is 10.0. The number of hydrogen-bond acceptors (Lipinski definition) is 4. The Morgan fingerprint density at radius 1 is 1.30 bits per heavy atom. The minimum absolute atomic E-state index is 0.177. The number of carbonyl (C=O) groups excluding carboxylic acids is 1. The molecular formula is C18H16ClNO2S. The normalized spacial score (nSPS) is 11.2. The number of thiophene rings is 1. The van der Waals surface area contributed by atoms with Crippen LogP contribution in [-0.2, 0) is 4.74 Å². The monoisotopic (exact) mass is 345 g/mol. The zero-order valence-corrected chi connectivity index (χ0v) is 14.7. The number of halogens is 1. The lowest BCUT2D eigenvalue weighted by molar-refractivity contribution is 0.0380. The largest absolute Gasteiger partial charge is 0.459 e. The van der Waals surface area contributed by atoms with Crippen molar-refractivity contribution < 1.29 is 9.53 Å². The van der Waals surface area contributed by atoms with E-state index in [-0.39, 0.29) is 12.1 Å². The molecule has 3 aromatic rings. The number of aromatic nitrogens is 1. The van der Waals surface area contributed by atoms with Crippen LogP contribution in [-0.4, -0.2) is 17.1 Å². The van der Waals surface area contributed by atoms with Crippen molar-refractivity contribution in [1.82, 2.24) is 4.98 Å². The van der Waals surface area contributed by atoms with Gasteiger partial charge in [0.15, 0.2) is 0 Å². The Morgan fingerprint density at radius 3 is 2.74 bits per heavy atom. The number of nitrogens with zero attached hydrogens (tertiary/aromatic N) is 1. The van der Waals surface area contributed by atoms with Gasteiger partial charge in [0, 0.05) is 10.4 Å². The molecule has 0 saturated heterocycles. The number of aryl methyl sites for hydroxylation is 1. The second-order valence-corrected chi connectivity index (χ2v) is 6.91. The molecule has 0 aliphatic rings. The topological polar surface area (TPSA) is 39.2 Å². The highest BCUT2D eigenvalue weighted by atomic mass is 35.5. The van der Waals surface area contributed by atoms with E-state index in [2.05, 4.69) is 0 Å². The lowest BCUT2D eigenvalue weighted by Crippen LogP contribution is -2.12. The standard InChI is InChI=1S/C18H16ClNO2S/c1-10(2)22-18(21)13-9-15(16-5-4-8-23-16)20-17-11(3)14(19)7-6-12(13)17/h4-10H,1-3H3. The number of hydrogen-bond donors (Lipinski definition) is 0. The van der Waals surface area contributed by atoms with E-state index in [1.807, 2.05) is 44.4 Å². The molecule has 5 heteroatoms. The quantitative estimate of drug-likeness (QED) is 0.589. The zero-order valence-electron chi connectivity index (χ0n) is 13.1. The van der Waals surface area contributed by atoms with Gasteiger partial charge in [-0.1, -0.05) is 23.7 Å². The summed E-state index contributed by atoms with van der Waals surface area (Å²) < 4.78 is 5.39. The third-order valence-corrected chi connectivity index (χ3v) is 4.81. The first-order valence-corrected chi connectivity index (χ1v) is 8.58. The van der Waals surface area contributed by atoms with Crippen LogP contribution < -0.4 is 0 Å². The molecule has 0 bridgehead atoms. The van der Waals surface area contributed by atoms with E-state index in [1.54, 1.807) is 23.5 Å². The summed E-state index contributed by atoms with van der Waals surface area (Å²) in [5, 5.41) is 3.38. The smallest absolute Gasteiger partial charge is 0.339 e. The molecule has 1 aromatic carbocycles. The maximum absolute atomic E-state index is 12.5. The van der Waals surface area contributed by atoms with Crippen molar-refractivity contribution >= 4 is 39.8 Å². The summed E-state index contributed by atoms with van der Waals surface area (Å²) in [5.41, 5.74) is 2.88. The van der Waals surface area contributed by atoms with E-state index >= 15 is 0 Å². The molecular weight excluding hydrogens is 330 g/mol. The number of fused-ring (bicyclic) bond motifs is 1. The van der Waals surface area contributed by atoms with Gasteiger partial charge < -0.3 is 4.74 Å². The van der Waals surface area contributed by atoms with Crippen molar-refractivity contribution in [3.63, 3.8) is 0 Å².